The summed E-state index contributed by atoms with van der Waals surface area (Å²) in [4.78, 5) is 74.3. The SMILES string of the molecule is COC(=O)CNC(=O)/C(=C/c1ccccc1)NC(=O)CNC(=O)/C(=C/c1ccccc1)NC(=O)CNC(=O)OC(C)(C)C. The summed E-state index contributed by atoms with van der Waals surface area (Å²) in [7, 11) is 1.17. The van der Waals surface area contributed by atoms with Crippen LogP contribution in [0.2, 0.25) is 0 Å². The van der Waals surface area contributed by atoms with Crippen molar-refractivity contribution in [2.75, 3.05) is 26.7 Å². The lowest BCUT2D eigenvalue weighted by molar-refractivity contribution is -0.140. The Hall–Kier alpha value is -5.46. The molecule has 13 nitrogen and oxygen atoms in total. The summed E-state index contributed by atoms with van der Waals surface area (Å²) in [5.74, 6) is -3.74. The lowest BCUT2D eigenvalue weighted by atomic mass is 10.2. The molecule has 0 atom stereocenters. The third kappa shape index (κ3) is 13.6. The van der Waals surface area contributed by atoms with E-state index < -0.39 is 60.9 Å². The molecular formula is C30H35N5O8. The van der Waals surface area contributed by atoms with Crippen molar-refractivity contribution >= 4 is 47.8 Å². The van der Waals surface area contributed by atoms with Gasteiger partial charge in [0.2, 0.25) is 11.8 Å². The minimum atomic E-state index is -0.813. The van der Waals surface area contributed by atoms with E-state index in [1.165, 1.54) is 19.3 Å². The highest BCUT2D eigenvalue weighted by Gasteiger charge is 2.20. The number of rotatable bonds is 12. The molecule has 0 radical (unpaired) electrons. The molecule has 0 aromatic heterocycles. The Morgan fingerprint density at radius 1 is 0.651 bits per heavy atom. The Balaban J connectivity index is 2.11. The van der Waals surface area contributed by atoms with Gasteiger partial charge >= 0.3 is 12.1 Å². The number of esters is 1. The van der Waals surface area contributed by atoms with Crippen LogP contribution in [0.3, 0.4) is 0 Å². The van der Waals surface area contributed by atoms with E-state index in [-0.39, 0.29) is 11.4 Å². The van der Waals surface area contributed by atoms with Crippen LogP contribution in [0.25, 0.3) is 12.2 Å². The van der Waals surface area contributed by atoms with Crippen molar-refractivity contribution in [3.05, 3.63) is 83.2 Å². The summed E-state index contributed by atoms with van der Waals surface area (Å²) in [6.07, 6.45) is 1.97. The first-order valence-electron chi connectivity index (χ1n) is 13.1. The molecule has 2 rings (SSSR count). The predicted molar refractivity (Wildman–Crippen MR) is 157 cm³/mol. The molecule has 0 spiro atoms. The van der Waals surface area contributed by atoms with Gasteiger partial charge in [0.15, 0.2) is 0 Å². The number of nitrogens with one attached hydrogen (secondary N) is 5. The minimum absolute atomic E-state index is 0.184. The maximum absolute atomic E-state index is 13.0. The van der Waals surface area contributed by atoms with Gasteiger partial charge < -0.3 is 36.1 Å². The number of carbonyl (C=O) groups excluding carboxylic acids is 6. The van der Waals surface area contributed by atoms with Crippen LogP contribution in [0.1, 0.15) is 31.9 Å². The monoisotopic (exact) mass is 593 g/mol. The van der Waals surface area contributed by atoms with E-state index in [0.717, 1.165) is 0 Å². The van der Waals surface area contributed by atoms with Crippen molar-refractivity contribution in [3.63, 3.8) is 0 Å². The van der Waals surface area contributed by atoms with Crippen LogP contribution in [0, 0.1) is 0 Å². The fraction of sp³-hybridized carbons (Fsp3) is 0.267. The Morgan fingerprint density at radius 3 is 1.49 bits per heavy atom. The summed E-state index contributed by atoms with van der Waals surface area (Å²) >= 11 is 0. The van der Waals surface area contributed by atoms with E-state index in [1.807, 2.05) is 0 Å². The lowest BCUT2D eigenvalue weighted by Gasteiger charge is -2.19. The Labute approximate surface area is 249 Å². The van der Waals surface area contributed by atoms with Gasteiger partial charge in [-0.05, 0) is 44.1 Å². The number of carbonyl (C=O) groups is 6. The van der Waals surface area contributed by atoms with Gasteiger partial charge in [-0.1, -0.05) is 60.7 Å². The summed E-state index contributed by atoms with van der Waals surface area (Å²) in [5, 5.41) is 11.9. The molecule has 13 heteroatoms. The fourth-order valence-electron chi connectivity index (χ4n) is 3.18. The molecule has 5 amide bonds. The highest BCUT2D eigenvalue weighted by atomic mass is 16.6. The first-order valence-corrected chi connectivity index (χ1v) is 13.1. The molecule has 0 bridgehead atoms. The van der Waals surface area contributed by atoms with Crippen molar-refractivity contribution in [1.29, 1.82) is 0 Å². The average Bonchev–Trinajstić information content (AvgIpc) is 2.97. The number of methoxy groups -OCH3 is 1. The summed E-state index contributed by atoms with van der Waals surface area (Å²) in [5.41, 5.74) is 0.0119. The highest BCUT2D eigenvalue weighted by Crippen LogP contribution is 2.08. The second-order valence-electron chi connectivity index (χ2n) is 9.83. The van der Waals surface area contributed by atoms with E-state index in [2.05, 4.69) is 31.3 Å². The van der Waals surface area contributed by atoms with E-state index in [0.29, 0.717) is 11.1 Å². The molecule has 0 saturated carbocycles. The van der Waals surface area contributed by atoms with Gasteiger partial charge in [0.05, 0.1) is 13.7 Å². The zero-order valence-electron chi connectivity index (χ0n) is 24.3. The average molecular weight is 594 g/mol. The third-order valence-electron chi connectivity index (χ3n) is 5.08. The molecule has 43 heavy (non-hydrogen) atoms. The molecule has 0 heterocycles. The maximum atomic E-state index is 13.0. The zero-order chi connectivity index (χ0) is 31.8. The second kappa shape index (κ2) is 16.7. The highest BCUT2D eigenvalue weighted by molar-refractivity contribution is 6.05. The molecule has 0 saturated heterocycles. The first kappa shape index (κ1) is 33.7. The van der Waals surface area contributed by atoms with E-state index >= 15 is 0 Å². The van der Waals surface area contributed by atoms with Crippen molar-refractivity contribution in [2.24, 2.45) is 0 Å². The van der Waals surface area contributed by atoms with Gasteiger partial charge in [-0.2, -0.15) is 0 Å². The molecular weight excluding hydrogens is 558 g/mol. The van der Waals surface area contributed by atoms with Gasteiger partial charge in [0.25, 0.3) is 11.8 Å². The normalized spacial score (nSPS) is 11.4. The lowest BCUT2D eigenvalue weighted by Crippen LogP contribution is -2.44. The molecule has 2 aromatic rings. The summed E-state index contributed by atoms with van der Waals surface area (Å²) in [6.45, 7) is 3.52. The Kier molecular flexibility index (Phi) is 13.1. The number of alkyl carbamates (subject to hydrolysis) is 1. The smallest absolute Gasteiger partial charge is 0.408 e. The topological polar surface area (TPSA) is 181 Å². The van der Waals surface area contributed by atoms with Crippen LogP contribution in [-0.2, 0) is 33.4 Å². The van der Waals surface area contributed by atoms with Gasteiger partial charge in [-0.3, -0.25) is 24.0 Å². The van der Waals surface area contributed by atoms with Crippen molar-refractivity contribution < 1.29 is 38.2 Å². The van der Waals surface area contributed by atoms with E-state index in [1.54, 1.807) is 81.4 Å². The predicted octanol–water partition coefficient (Wildman–Crippen LogP) is 1.23. The molecule has 0 aliphatic heterocycles. The fourth-order valence-corrected chi connectivity index (χ4v) is 3.18. The van der Waals surface area contributed by atoms with Gasteiger partial charge in [0, 0.05) is 0 Å². The summed E-state index contributed by atoms with van der Waals surface area (Å²) < 4.78 is 9.61. The summed E-state index contributed by atoms with van der Waals surface area (Å²) in [6, 6.07) is 17.2. The number of amides is 5. The largest absolute Gasteiger partial charge is 0.468 e. The minimum Gasteiger partial charge on any atom is -0.468 e. The van der Waals surface area contributed by atoms with Crippen LogP contribution in [-0.4, -0.2) is 68.0 Å². The van der Waals surface area contributed by atoms with Crippen molar-refractivity contribution in [3.8, 4) is 0 Å². The third-order valence-corrected chi connectivity index (χ3v) is 5.08. The van der Waals surface area contributed by atoms with Gasteiger partial charge in [-0.25, -0.2) is 4.79 Å². The number of hydrogen-bond acceptors (Lipinski definition) is 8. The Morgan fingerprint density at radius 2 is 1.07 bits per heavy atom. The van der Waals surface area contributed by atoms with Crippen molar-refractivity contribution in [2.45, 2.75) is 26.4 Å². The van der Waals surface area contributed by atoms with Crippen LogP contribution in [0.15, 0.2) is 72.1 Å². The van der Waals surface area contributed by atoms with Crippen LogP contribution >= 0.6 is 0 Å². The molecule has 0 aliphatic rings. The molecule has 2 aromatic carbocycles. The van der Waals surface area contributed by atoms with Crippen molar-refractivity contribution in [1.82, 2.24) is 26.6 Å². The van der Waals surface area contributed by atoms with Crippen LogP contribution < -0.4 is 26.6 Å². The molecule has 5 N–H and O–H groups in total. The second-order valence-corrected chi connectivity index (χ2v) is 9.83. The van der Waals surface area contributed by atoms with Crippen LogP contribution in [0.5, 0.6) is 0 Å². The standard InChI is InChI=1S/C30H35N5O8/c1-30(2,3)43-29(41)33-18-25(37)35-22(15-20-11-7-5-8-12-20)27(39)31-17-24(36)34-23(16-21-13-9-6-10-14-21)28(40)32-19-26(38)42-4/h5-16H,17-19H2,1-4H3,(H,31,39)(H,32,40)(H,33,41)(H,34,36)(H,35,37)/b22-15-,23-16-. The quantitative estimate of drug-likeness (QED) is 0.180. The number of benzene rings is 2. The van der Waals surface area contributed by atoms with Crippen LogP contribution in [0.4, 0.5) is 4.79 Å². The maximum Gasteiger partial charge on any atom is 0.408 e. The first-order chi connectivity index (χ1) is 20.4. The van der Waals surface area contributed by atoms with E-state index in [4.69, 9.17) is 4.74 Å². The molecule has 0 aliphatic carbocycles. The molecule has 228 valence electrons. The van der Waals surface area contributed by atoms with Gasteiger partial charge in [-0.15, -0.1) is 0 Å². The Bertz CT molecular complexity index is 1370. The number of hydrogen-bond donors (Lipinski definition) is 5. The zero-order valence-corrected chi connectivity index (χ0v) is 24.3. The molecule has 0 fully saturated rings. The number of ether oxygens (including phenoxy) is 2. The van der Waals surface area contributed by atoms with Gasteiger partial charge in [0.1, 0.15) is 30.1 Å². The molecule has 0 unspecified atom stereocenters. The van der Waals surface area contributed by atoms with E-state index in [9.17, 15) is 28.8 Å².